The predicted molar refractivity (Wildman–Crippen MR) is 99.6 cm³/mol. The lowest BCUT2D eigenvalue weighted by Gasteiger charge is -2.31. The van der Waals surface area contributed by atoms with Gasteiger partial charge in [0.1, 0.15) is 6.33 Å². The average Bonchev–Trinajstić information content (AvgIpc) is 2.98. The molecular weight excluding hydrogens is 328 g/mol. The van der Waals surface area contributed by atoms with Crippen LogP contribution in [-0.4, -0.2) is 49.7 Å². The van der Waals surface area contributed by atoms with Crippen molar-refractivity contribution in [2.75, 3.05) is 13.1 Å². The minimum atomic E-state index is -0.150. The minimum Gasteiger partial charge on any atom is -0.331 e. The number of rotatable bonds is 4. The van der Waals surface area contributed by atoms with Crippen molar-refractivity contribution in [3.05, 3.63) is 42.2 Å². The number of aromatic nitrogens is 4. The molecule has 3 rings (SSSR count). The van der Waals surface area contributed by atoms with Crippen molar-refractivity contribution in [3.63, 3.8) is 0 Å². The molecule has 1 N–H and O–H groups in total. The maximum atomic E-state index is 13.3. The van der Waals surface area contributed by atoms with Gasteiger partial charge in [-0.25, -0.2) is 9.97 Å². The number of hydrogen-bond acceptors (Lipinski definition) is 5. The molecule has 0 bridgehead atoms. The van der Waals surface area contributed by atoms with Crippen LogP contribution in [-0.2, 0) is 12.1 Å². The summed E-state index contributed by atoms with van der Waals surface area (Å²) in [4.78, 5) is 23.5. The van der Waals surface area contributed by atoms with E-state index in [0.717, 1.165) is 37.9 Å². The Labute approximate surface area is 154 Å². The van der Waals surface area contributed by atoms with Crippen molar-refractivity contribution in [3.8, 4) is 0 Å². The fraction of sp³-hybridized carbons (Fsp3) is 0.579. The Kier molecular flexibility index (Phi) is 5.66. The second-order valence-electron chi connectivity index (χ2n) is 7.86. The van der Waals surface area contributed by atoms with Crippen molar-refractivity contribution >= 4 is 5.91 Å². The number of nitrogens with zero attached hydrogens (tertiary/aromatic N) is 5. The molecule has 1 aliphatic rings. The fourth-order valence-electron chi connectivity index (χ4n) is 3.25. The molecule has 2 aromatic heterocycles. The fourth-order valence-corrected chi connectivity index (χ4v) is 3.25. The topological polar surface area (TPSA) is 75.9 Å². The van der Waals surface area contributed by atoms with Crippen LogP contribution in [0.5, 0.6) is 0 Å². The molecule has 1 aliphatic heterocycles. The lowest BCUT2D eigenvalue weighted by atomic mass is 10.1. The first-order chi connectivity index (χ1) is 12.4. The number of amides is 1. The second-order valence-corrected chi connectivity index (χ2v) is 7.86. The predicted octanol–water partition coefficient (Wildman–Crippen LogP) is 2.21. The molecule has 1 fully saturated rings. The SMILES string of the molecule is CC(C)(C)n1cc(C(=O)N(Cc2cncnc2)[C@H]2CCCNCC2)cn1. The first kappa shape index (κ1) is 18.5. The zero-order chi connectivity index (χ0) is 18.6. The van der Waals surface area contributed by atoms with Gasteiger partial charge >= 0.3 is 0 Å². The highest BCUT2D eigenvalue weighted by Crippen LogP contribution is 2.21. The molecule has 2 aromatic rings. The molecule has 0 saturated carbocycles. The van der Waals surface area contributed by atoms with E-state index in [4.69, 9.17) is 0 Å². The van der Waals surface area contributed by atoms with Gasteiger partial charge in [-0.1, -0.05) is 0 Å². The van der Waals surface area contributed by atoms with Crippen LogP contribution < -0.4 is 5.32 Å². The second kappa shape index (κ2) is 7.95. The van der Waals surface area contributed by atoms with Crippen LogP contribution >= 0.6 is 0 Å². The lowest BCUT2D eigenvalue weighted by molar-refractivity contribution is 0.0644. The molecule has 7 nitrogen and oxygen atoms in total. The Hall–Kier alpha value is -2.28. The Morgan fingerprint density at radius 3 is 2.69 bits per heavy atom. The molecule has 140 valence electrons. The molecule has 7 heteroatoms. The summed E-state index contributed by atoms with van der Waals surface area (Å²) in [5.74, 6) is 0.0243. The molecule has 0 aromatic carbocycles. The lowest BCUT2D eigenvalue weighted by Crippen LogP contribution is -2.40. The van der Waals surface area contributed by atoms with E-state index in [9.17, 15) is 4.79 Å². The first-order valence-corrected chi connectivity index (χ1v) is 9.26. The highest BCUT2D eigenvalue weighted by Gasteiger charge is 2.27. The van der Waals surface area contributed by atoms with Crippen molar-refractivity contribution in [1.82, 2.24) is 30.0 Å². The Balaban J connectivity index is 1.86. The Morgan fingerprint density at radius 2 is 2.00 bits per heavy atom. The number of nitrogens with one attached hydrogen (secondary N) is 1. The molecule has 0 unspecified atom stereocenters. The van der Waals surface area contributed by atoms with Gasteiger partial charge in [0, 0.05) is 36.7 Å². The van der Waals surface area contributed by atoms with Crippen LogP contribution in [0.25, 0.3) is 0 Å². The third-order valence-corrected chi connectivity index (χ3v) is 4.73. The van der Waals surface area contributed by atoms with Gasteiger partial charge in [-0.2, -0.15) is 5.10 Å². The molecule has 0 spiro atoms. The first-order valence-electron chi connectivity index (χ1n) is 9.26. The van der Waals surface area contributed by atoms with E-state index >= 15 is 0 Å². The molecular formula is C19H28N6O. The van der Waals surface area contributed by atoms with Gasteiger partial charge in [0.25, 0.3) is 5.91 Å². The summed E-state index contributed by atoms with van der Waals surface area (Å²) < 4.78 is 1.85. The van der Waals surface area contributed by atoms with E-state index in [1.165, 1.54) is 6.33 Å². The Bertz CT molecular complexity index is 713. The average molecular weight is 356 g/mol. The quantitative estimate of drug-likeness (QED) is 0.909. The van der Waals surface area contributed by atoms with E-state index in [-0.39, 0.29) is 17.5 Å². The van der Waals surface area contributed by atoms with E-state index in [0.29, 0.717) is 12.1 Å². The van der Waals surface area contributed by atoms with Crippen LogP contribution in [0.4, 0.5) is 0 Å². The highest BCUT2D eigenvalue weighted by molar-refractivity contribution is 5.94. The van der Waals surface area contributed by atoms with Gasteiger partial charge < -0.3 is 10.2 Å². The summed E-state index contributed by atoms with van der Waals surface area (Å²) in [6.07, 6.45) is 11.6. The normalized spacial score (nSPS) is 18.3. The van der Waals surface area contributed by atoms with Gasteiger partial charge in [0.05, 0.1) is 17.3 Å². The smallest absolute Gasteiger partial charge is 0.257 e. The van der Waals surface area contributed by atoms with Gasteiger partial charge in [-0.3, -0.25) is 9.48 Å². The van der Waals surface area contributed by atoms with Crippen LogP contribution in [0, 0.1) is 0 Å². The van der Waals surface area contributed by atoms with Gasteiger partial charge in [-0.15, -0.1) is 0 Å². The number of carbonyl (C=O) groups is 1. The number of carbonyl (C=O) groups excluding carboxylic acids is 1. The van der Waals surface area contributed by atoms with Crippen LogP contribution in [0.2, 0.25) is 0 Å². The van der Waals surface area contributed by atoms with Crippen molar-refractivity contribution in [2.45, 2.75) is 58.2 Å². The molecule has 0 aliphatic carbocycles. The maximum Gasteiger partial charge on any atom is 0.257 e. The van der Waals surface area contributed by atoms with E-state index in [1.807, 2.05) is 15.8 Å². The zero-order valence-electron chi connectivity index (χ0n) is 15.9. The van der Waals surface area contributed by atoms with Crippen LogP contribution in [0.15, 0.2) is 31.1 Å². The van der Waals surface area contributed by atoms with Crippen LogP contribution in [0.3, 0.4) is 0 Å². The summed E-state index contributed by atoms with van der Waals surface area (Å²) in [6, 6.07) is 0.204. The molecule has 26 heavy (non-hydrogen) atoms. The third kappa shape index (κ3) is 4.46. The van der Waals surface area contributed by atoms with Gasteiger partial charge in [0.15, 0.2) is 0 Å². The van der Waals surface area contributed by atoms with E-state index in [1.54, 1.807) is 18.6 Å². The highest BCUT2D eigenvalue weighted by atomic mass is 16.2. The van der Waals surface area contributed by atoms with Gasteiger partial charge in [0.2, 0.25) is 0 Å². The molecule has 3 heterocycles. The van der Waals surface area contributed by atoms with Gasteiger partial charge in [-0.05, 0) is 53.1 Å². The molecule has 0 radical (unpaired) electrons. The Morgan fingerprint density at radius 1 is 1.23 bits per heavy atom. The summed E-state index contributed by atoms with van der Waals surface area (Å²) in [7, 11) is 0. The summed E-state index contributed by atoms with van der Waals surface area (Å²) >= 11 is 0. The summed E-state index contributed by atoms with van der Waals surface area (Å²) in [5.41, 5.74) is 1.43. The maximum absolute atomic E-state index is 13.3. The van der Waals surface area contributed by atoms with Crippen molar-refractivity contribution < 1.29 is 4.79 Å². The summed E-state index contributed by atoms with van der Waals surface area (Å²) in [5, 5.41) is 7.81. The largest absolute Gasteiger partial charge is 0.331 e. The van der Waals surface area contributed by atoms with Crippen LogP contribution in [0.1, 0.15) is 56.0 Å². The van der Waals surface area contributed by atoms with Crippen molar-refractivity contribution in [1.29, 1.82) is 0 Å². The minimum absolute atomic E-state index is 0.0243. The number of hydrogen-bond donors (Lipinski definition) is 1. The monoisotopic (exact) mass is 356 g/mol. The molecule has 1 atom stereocenters. The molecule has 1 saturated heterocycles. The van der Waals surface area contributed by atoms with E-state index < -0.39 is 0 Å². The standard InChI is InChI=1S/C19H28N6O/c1-19(2,3)25-13-16(11-23-25)18(26)24(12-15-9-21-14-22-10-15)17-5-4-7-20-8-6-17/h9-11,13-14,17,20H,4-8,12H2,1-3H3/t17-/m0/s1. The zero-order valence-corrected chi connectivity index (χ0v) is 15.9. The van der Waals surface area contributed by atoms with E-state index in [2.05, 4.69) is 41.2 Å². The third-order valence-electron chi connectivity index (χ3n) is 4.73. The van der Waals surface area contributed by atoms with Crippen molar-refractivity contribution in [2.24, 2.45) is 0 Å². The molecule has 1 amide bonds. The summed E-state index contributed by atoms with van der Waals surface area (Å²) in [6.45, 7) is 8.68.